The summed E-state index contributed by atoms with van der Waals surface area (Å²) in [6, 6.07) is 6.70. The maximum Gasteiger partial charge on any atom is 0.323 e. The van der Waals surface area contributed by atoms with Gasteiger partial charge in [-0.3, -0.25) is 4.79 Å². The smallest absolute Gasteiger partial charge is 0.323 e. The fourth-order valence-corrected chi connectivity index (χ4v) is 3.02. The van der Waals surface area contributed by atoms with Gasteiger partial charge in [0.2, 0.25) is 0 Å². The van der Waals surface area contributed by atoms with Gasteiger partial charge in [0.05, 0.1) is 7.11 Å². The molecule has 1 saturated carbocycles. The molecule has 1 N–H and O–H groups in total. The van der Waals surface area contributed by atoms with Gasteiger partial charge in [-0.05, 0) is 38.3 Å². The Bertz CT molecular complexity index is 457. The second-order valence-electron chi connectivity index (χ2n) is 5.10. The van der Waals surface area contributed by atoms with Gasteiger partial charge in [-0.2, -0.15) is 0 Å². The second-order valence-corrected chi connectivity index (χ2v) is 6.16. The molecular weight excluding hydrogens is 258 g/mol. The number of hydrogen-bond donors (Lipinski definition) is 1. The molecule has 1 aromatic rings. The fourth-order valence-electron chi connectivity index (χ4n) is 2.00. The minimum Gasteiger partial charge on any atom is -0.468 e. The van der Waals surface area contributed by atoms with Crippen LogP contribution in [0.1, 0.15) is 24.0 Å². The van der Waals surface area contributed by atoms with E-state index in [4.69, 9.17) is 4.74 Å². The van der Waals surface area contributed by atoms with Gasteiger partial charge in [-0.15, -0.1) is 11.8 Å². The van der Waals surface area contributed by atoms with Crippen molar-refractivity contribution in [3.63, 3.8) is 0 Å². The van der Waals surface area contributed by atoms with Crippen molar-refractivity contribution in [1.29, 1.82) is 0 Å². The highest BCUT2D eigenvalue weighted by atomic mass is 32.2. The lowest BCUT2D eigenvalue weighted by Crippen LogP contribution is -2.41. The van der Waals surface area contributed by atoms with Crippen LogP contribution in [-0.2, 0) is 9.53 Å². The van der Waals surface area contributed by atoms with Crippen LogP contribution in [0.4, 0.5) is 0 Å². The van der Waals surface area contributed by atoms with E-state index in [1.54, 1.807) is 11.8 Å². The molecule has 1 aromatic carbocycles. The van der Waals surface area contributed by atoms with Crippen LogP contribution < -0.4 is 5.32 Å². The Hall–Kier alpha value is -1.00. The van der Waals surface area contributed by atoms with Crippen molar-refractivity contribution < 1.29 is 9.53 Å². The van der Waals surface area contributed by atoms with Crippen molar-refractivity contribution >= 4 is 17.7 Å². The Morgan fingerprint density at radius 1 is 1.47 bits per heavy atom. The fraction of sp³-hybridized carbons (Fsp3) is 0.533. The summed E-state index contributed by atoms with van der Waals surface area (Å²) in [5.41, 5.74) is 2.53. The third kappa shape index (κ3) is 4.25. The standard InChI is InChI=1S/C15H21NO2S/c1-10-4-7-14(11(2)8-10)19-9-13(15(17)18-3)16-12-5-6-12/h4,7-8,12-13,16H,5-6,9H2,1-3H3. The van der Waals surface area contributed by atoms with Gasteiger partial charge in [0.15, 0.2) is 0 Å². The van der Waals surface area contributed by atoms with Crippen LogP contribution in [-0.4, -0.2) is 30.9 Å². The summed E-state index contributed by atoms with van der Waals surface area (Å²) in [5, 5.41) is 3.35. The normalized spacial score (nSPS) is 16.2. The predicted octanol–water partition coefficient (Wildman–Crippen LogP) is 2.69. The van der Waals surface area contributed by atoms with Crippen molar-refractivity contribution in [2.24, 2.45) is 0 Å². The summed E-state index contributed by atoms with van der Waals surface area (Å²) in [6.07, 6.45) is 2.34. The van der Waals surface area contributed by atoms with Crippen LogP contribution in [0.15, 0.2) is 23.1 Å². The molecule has 2 rings (SSSR count). The molecule has 0 radical (unpaired) electrons. The van der Waals surface area contributed by atoms with Gasteiger partial charge in [0, 0.05) is 16.7 Å². The molecule has 1 atom stereocenters. The van der Waals surface area contributed by atoms with Crippen LogP contribution in [0.3, 0.4) is 0 Å². The van der Waals surface area contributed by atoms with Gasteiger partial charge < -0.3 is 10.1 Å². The van der Waals surface area contributed by atoms with Gasteiger partial charge in [0.1, 0.15) is 6.04 Å². The van der Waals surface area contributed by atoms with E-state index in [9.17, 15) is 4.79 Å². The molecule has 0 aromatic heterocycles. The number of hydrogen-bond acceptors (Lipinski definition) is 4. The highest BCUT2D eigenvalue weighted by Gasteiger charge is 2.28. The third-order valence-corrected chi connectivity index (χ3v) is 4.50. The average Bonchev–Trinajstić information content (AvgIpc) is 3.19. The van der Waals surface area contributed by atoms with E-state index in [0.29, 0.717) is 11.8 Å². The second kappa shape index (κ2) is 6.44. The summed E-state index contributed by atoms with van der Waals surface area (Å²) >= 11 is 1.71. The monoisotopic (exact) mass is 279 g/mol. The number of rotatable bonds is 6. The number of methoxy groups -OCH3 is 1. The summed E-state index contributed by atoms with van der Waals surface area (Å²) in [7, 11) is 1.45. The van der Waals surface area contributed by atoms with Gasteiger partial charge in [-0.1, -0.05) is 17.7 Å². The largest absolute Gasteiger partial charge is 0.468 e. The molecule has 1 aliphatic carbocycles. The highest BCUT2D eigenvalue weighted by Crippen LogP contribution is 2.26. The maximum absolute atomic E-state index is 11.7. The topological polar surface area (TPSA) is 38.3 Å². The molecule has 1 unspecified atom stereocenters. The first-order valence-corrected chi connectivity index (χ1v) is 7.62. The van der Waals surface area contributed by atoms with E-state index in [1.807, 2.05) is 0 Å². The van der Waals surface area contributed by atoms with E-state index in [1.165, 1.54) is 36.0 Å². The molecule has 0 heterocycles. The van der Waals surface area contributed by atoms with Crippen LogP contribution in [0.5, 0.6) is 0 Å². The Kier molecular flexibility index (Phi) is 4.88. The molecule has 0 spiro atoms. The van der Waals surface area contributed by atoms with Crippen LogP contribution in [0, 0.1) is 13.8 Å². The van der Waals surface area contributed by atoms with Gasteiger partial charge in [-0.25, -0.2) is 0 Å². The Balaban J connectivity index is 1.95. The zero-order chi connectivity index (χ0) is 13.8. The molecule has 4 heteroatoms. The van der Waals surface area contributed by atoms with Crippen molar-refractivity contribution in [1.82, 2.24) is 5.32 Å². The molecule has 0 aliphatic heterocycles. The molecule has 0 saturated heterocycles. The number of benzene rings is 1. The molecule has 3 nitrogen and oxygen atoms in total. The van der Waals surface area contributed by atoms with Crippen molar-refractivity contribution in [2.45, 2.75) is 43.7 Å². The Labute approximate surface area is 119 Å². The van der Waals surface area contributed by atoms with E-state index in [2.05, 4.69) is 37.4 Å². The van der Waals surface area contributed by atoms with Gasteiger partial charge >= 0.3 is 5.97 Å². The SMILES string of the molecule is COC(=O)C(CSc1ccc(C)cc1C)NC1CC1. The van der Waals surface area contributed by atoms with E-state index in [-0.39, 0.29) is 12.0 Å². The minimum atomic E-state index is -0.205. The number of aryl methyl sites for hydroxylation is 2. The third-order valence-electron chi connectivity index (χ3n) is 3.24. The average molecular weight is 279 g/mol. The zero-order valence-corrected chi connectivity index (χ0v) is 12.5. The number of nitrogens with one attached hydrogen (secondary N) is 1. The lowest BCUT2D eigenvalue weighted by atomic mass is 10.2. The number of carbonyl (C=O) groups is 1. The van der Waals surface area contributed by atoms with Crippen LogP contribution in [0.2, 0.25) is 0 Å². The van der Waals surface area contributed by atoms with E-state index >= 15 is 0 Å². The molecule has 0 amide bonds. The lowest BCUT2D eigenvalue weighted by Gasteiger charge is -2.16. The molecule has 19 heavy (non-hydrogen) atoms. The maximum atomic E-state index is 11.7. The number of carbonyl (C=O) groups excluding carboxylic acids is 1. The molecule has 0 bridgehead atoms. The summed E-state index contributed by atoms with van der Waals surface area (Å²) in [4.78, 5) is 13.0. The summed E-state index contributed by atoms with van der Waals surface area (Å²) < 4.78 is 4.86. The van der Waals surface area contributed by atoms with Gasteiger partial charge in [0.25, 0.3) is 0 Å². The number of thioether (sulfide) groups is 1. The van der Waals surface area contributed by atoms with E-state index < -0.39 is 0 Å². The van der Waals surface area contributed by atoms with Crippen LogP contribution >= 0.6 is 11.8 Å². The quantitative estimate of drug-likeness (QED) is 0.642. The highest BCUT2D eigenvalue weighted by molar-refractivity contribution is 7.99. The van der Waals surface area contributed by atoms with Crippen molar-refractivity contribution in [3.8, 4) is 0 Å². The minimum absolute atomic E-state index is 0.163. The Morgan fingerprint density at radius 2 is 2.21 bits per heavy atom. The number of esters is 1. The first kappa shape index (κ1) is 14.4. The van der Waals surface area contributed by atoms with E-state index in [0.717, 1.165) is 0 Å². The molecular formula is C15H21NO2S. The summed E-state index contributed by atoms with van der Waals surface area (Å²) in [6.45, 7) is 4.20. The first-order valence-electron chi connectivity index (χ1n) is 6.64. The van der Waals surface area contributed by atoms with Crippen LogP contribution in [0.25, 0.3) is 0 Å². The molecule has 1 fully saturated rings. The van der Waals surface area contributed by atoms with Crippen molar-refractivity contribution in [3.05, 3.63) is 29.3 Å². The zero-order valence-electron chi connectivity index (χ0n) is 11.7. The predicted molar refractivity (Wildman–Crippen MR) is 78.6 cm³/mol. The number of ether oxygens (including phenoxy) is 1. The molecule has 1 aliphatic rings. The summed E-state index contributed by atoms with van der Waals surface area (Å²) in [5.74, 6) is 0.553. The molecule has 104 valence electrons. The first-order chi connectivity index (χ1) is 9.10. The van der Waals surface area contributed by atoms with Crippen molar-refractivity contribution in [2.75, 3.05) is 12.9 Å². The Morgan fingerprint density at radius 3 is 2.79 bits per heavy atom. The lowest BCUT2D eigenvalue weighted by molar-refractivity contribution is -0.142.